The molecule has 0 heterocycles. The number of rotatable bonds is 7. The number of anilines is 1. The highest BCUT2D eigenvalue weighted by molar-refractivity contribution is 6.36. The maximum Gasteiger partial charge on any atom is 0.319 e. The molecule has 0 aliphatic rings. The van der Waals surface area contributed by atoms with E-state index in [1.165, 1.54) is 0 Å². The van der Waals surface area contributed by atoms with Crippen molar-refractivity contribution in [2.75, 3.05) is 33.2 Å². The zero-order valence-electron chi connectivity index (χ0n) is 14.7. The normalized spacial score (nSPS) is 10.2. The van der Waals surface area contributed by atoms with E-state index in [4.69, 9.17) is 37.4 Å². The Balaban J connectivity index is 1.95. The number of carbonyl (C=O) groups excluding carboxylic acids is 1. The van der Waals surface area contributed by atoms with Crippen molar-refractivity contribution in [2.24, 2.45) is 0 Å². The molecular formula is C18H20Cl2N2O4. The number of carbonyl (C=O) groups is 1. The predicted octanol–water partition coefficient (Wildman–Crippen LogP) is 4.38. The average Bonchev–Trinajstić information content (AvgIpc) is 2.63. The van der Waals surface area contributed by atoms with Crippen LogP contribution in [0.2, 0.25) is 10.0 Å². The fraction of sp³-hybridized carbons (Fsp3) is 0.278. The maximum atomic E-state index is 12.0. The van der Waals surface area contributed by atoms with Gasteiger partial charge < -0.3 is 24.8 Å². The lowest BCUT2D eigenvalue weighted by molar-refractivity contribution is 0.252. The molecule has 0 fully saturated rings. The molecular weight excluding hydrogens is 379 g/mol. The third-order valence-corrected chi connectivity index (χ3v) is 4.15. The summed E-state index contributed by atoms with van der Waals surface area (Å²) in [6.45, 7) is 0.412. The number of hydrogen-bond donors (Lipinski definition) is 2. The molecule has 140 valence electrons. The van der Waals surface area contributed by atoms with Crippen LogP contribution in [0, 0.1) is 0 Å². The summed E-state index contributed by atoms with van der Waals surface area (Å²) in [4.78, 5) is 12.0. The molecule has 0 aromatic heterocycles. The minimum Gasteiger partial charge on any atom is -0.493 e. The van der Waals surface area contributed by atoms with Crippen LogP contribution in [0.4, 0.5) is 10.5 Å². The van der Waals surface area contributed by atoms with Crippen LogP contribution >= 0.6 is 23.2 Å². The second-order valence-electron chi connectivity index (χ2n) is 5.29. The average molecular weight is 399 g/mol. The molecule has 0 saturated carbocycles. The Morgan fingerprint density at radius 1 is 1.00 bits per heavy atom. The van der Waals surface area contributed by atoms with Crippen molar-refractivity contribution in [2.45, 2.75) is 6.42 Å². The molecule has 0 unspecified atom stereocenters. The van der Waals surface area contributed by atoms with Gasteiger partial charge in [0.1, 0.15) is 0 Å². The molecule has 0 bridgehead atoms. The van der Waals surface area contributed by atoms with Crippen LogP contribution in [0.15, 0.2) is 30.3 Å². The van der Waals surface area contributed by atoms with Crippen LogP contribution in [0.3, 0.4) is 0 Å². The maximum absolute atomic E-state index is 12.0. The fourth-order valence-corrected chi connectivity index (χ4v) is 2.81. The van der Waals surface area contributed by atoms with Crippen molar-refractivity contribution >= 4 is 34.9 Å². The lowest BCUT2D eigenvalue weighted by Crippen LogP contribution is -2.30. The van der Waals surface area contributed by atoms with Gasteiger partial charge in [0, 0.05) is 11.6 Å². The minimum absolute atomic E-state index is 0.360. The summed E-state index contributed by atoms with van der Waals surface area (Å²) in [5, 5.41) is 6.32. The molecule has 0 saturated heterocycles. The van der Waals surface area contributed by atoms with Gasteiger partial charge in [-0.15, -0.1) is 0 Å². The van der Waals surface area contributed by atoms with Crippen LogP contribution in [0.25, 0.3) is 0 Å². The third-order valence-electron chi connectivity index (χ3n) is 3.60. The first kappa shape index (κ1) is 20.0. The van der Waals surface area contributed by atoms with Gasteiger partial charge in [-0.25, -0.2) is 4.79 Å². The summed E-state index contributed by atoms with van der Waals surface area (Å²) in [6, 6.07) is 8.19. The number of benzene rings is 2. The summed E-state index contributed by atoms with van der Waals surface area (Å²) in [6.07, 6.45) is 0.582. The van der Waals surface area contributed by atoms with E-state index in [1.807, 2.05) is 12.1 Å². The summed E-state index contributed by atoms with van der Waals surface area (Å²) in [5.74, 6) is 1.67. The van der Waals surface area contributed by atoms with E-state index in [1.54, 1.807) is 39.5 Å². The molecule has 6 nitrogen and oxygen atoms in total. The standard InChI is InChI=1S/C18H20Cl2N2O4/c1-24-15-8-11(9-16(25-2)17(15)26-3)6-7-21-18(23)22-14-5-4-12(19)10-13(14)20/h4-5,8-10H,6-7H2,1-3H3,(H2,21,22,23). The van der Waals surface area contributed by atoms with Crippen molar-refractivity contribution in [1.82, 2.24) is 5.32 Å². The number of halogens is 2. The molecule has 0 radical (unpaired) electrons. The minimum atomic E-state index is -0.360. The first-order valence-electron chi connectivity index (χ1n) is 7.77. The summed E-state index contributed by atoms with van der Waals surface area (Å²) in [7, 11) is 4.67. The van der Waals surface area contributed by atoms with Gasteiger partial charge >= 0.3 is 6.03 Å². The van der Waals surface area contributed by atoms with Crippen molar-refractivity contribution < 1.29 is 19.0 Å². The Kier molecular flexibility index (Phi) is 7.24. The molecule has 0 spiro atoms. The van der Waals surface area contributed by atoms with Crippen LogP contribution in [0.5, 0.6) is 17.2 Å². The van der Waals surface area contributed by atoms with Gasteiger partial charge in [-0.05, 0) is 42.3 Å². The number of methoxy groups -OCH3 is 3. The van der Waals surface area contributed by atoms with Crippen molar-refractivity contribution in [3.63, 3.8) is 0 Å². The van der Waals surface area contributed by atoms with Gasteiger partial charge in [-0.1, -0.05) is 23.2 Å². The molecule has 2 amide bonds. The fourth-order valence-electron chi connectivity index (χ4n) is 2.36. The number of amides is 2. The lowest BCUT2D eigenvalue weighted by Gasteiger charge is -2.14. The van der Waals surface area contributed by atoms with E-state index in [2.05, 4.69) is 10.6 Å². The van der Waals surface area contributed by atoms with Crippen LogP contribution in [0.1, 0.15) is 5.56 Å². The van der Waals surface area contributed by atoms with E-state index in [-0.39, 0.29) is 6.03 Å². The van der Waals surface area contributed by atoms with E-state index >= 15 is 0 Å². The molecule has 2 aromatic carbocycles. The Morgan fingerprint density at radius 2 is 1.65 bits per heavy atom. The zero-order chi connectivity index (χ0) is 19.1. The van der Waals surface area contributed by atoms with Gasteiger partial charge in [-0.3, -0.25) is 0 Å². The van der Waals surface area contributed by atoms with Crippen molar-refractivity contribution in [3.05, 3.63) is 45.9 Å². The first-order chi connectivity index (χ1) is 12.5. The predicted molar refractivity (Wildman–Crippen MR) is 103 cm³/mol. The second kappa shape index (κ2) is 9.40. The molecule has 2 rings (SSSR count). The number of ether oxygens (including phenoxy) is 3. The summed E-state index contributed by atoms with van der Waals surface area (Å²) in [5.41, 5.74) is 1.42. The highest BCUT2D eigenvalue weighted by Gasteiger charge is 2.13. The van der Waals surface area contributed by atoms with Gasteiger partial charge in [-0.2, -0.15) is 0 Å². The molecule has 0 aliphatic heterocycles. The quantitative estimate of drug-likeness (QED) is 0.725. The molecule has 2 N–H and O–H groups in total. The van der Waals surface area contributed by atoms with E-state index in [9.17, 15) is 4.79 Å². The number of urea groups is 1. The highest BCUT2D eigenvalue weighted by Crippen LogP contribution is 2.38. The Hall–Kier alpha value is -2.31. The molecule has 26 heavy (non-hydrogen) atoms. The van der Waals surface area contributed by atoms with E-state index in [0.717, 1.165) is 5.56 Å². The third kappa shape index (κ3) is 5.09. The second-order valence-corrected chi connectivity index (χ2v) is 6.13. The number of nitrogens with one attached hydrogen (secondary N) is 2. The molecule has 0 aliphatic carbocycles. The van der Waals surface area contributed by atoms with Crippen LogP contribution in [-0.2, 0) is 6.42 Å². The first-order valence-corrected chi connectivity index (χ1v) is 8.52. The molecule has 0 atom stereocenters. The highest BCUT2D eigenvalue weighted by atomic mass is 35.5. The van der Waals surface area contributed by atoms with Gasteiger partial charge in [0.05, 0.1) is 32.0 Å². The van der Waals surface area contributed by atoms with Crippen LogP contribution in [-0.4, -0.2) is 33.9 Å². The van der Waals surface area contributed by atoms with Crippen molar-refractivity contribution in [3.8, 4) is 17.2 Å². The van der Waals surface area contributed by atoms with Crippen molar-refractivity contribution in [1.29, 1.82) is 0 Å². The summed E-state index contributed by atoms with van der Waals surface area (Å²) >= 11 is 11.9. The van der Waals surface area contributed by atoms with Gasteiger partial charge in [0.2, 0.25) is 5.75 Å². The largest absolute Gasteiger partial charge is 0.493 e. The Morgan fingerprint density at radius 3 is 2.19 bits per heavy atom. The van der Waals surface area contributed by atoms with Crippen LogP contribution < -0.4 is 24.8 Å². The topological polar surface area (TPSA) is 68.8 Å². The smallest absolute Gasteiger partial charge is 0.319 e. The molecule has 2 aromatic rings. The Labute approximate surface area is 162 Å². The summed E-state index contributed by atoms with van der Waals surface area (Å²) < 4.78 is 15.9. The van der Waals surface area contributed by atoms with E-state index in [0.29, 0.717) is 45.9 Å². The number of hydrogen-bond acceptors (Lipinski definition) is 4. The van der Waals surface area contributed by atoms with Gasteiger partial charge in [0.25, 0.3) is 0 Å². The molecule has 8 heteroatoms. The Bertz CT molecular complexity index is 759. The zero-order valence-corrected chi connectivity index (χ0v) is 16.2. The monoisotopic (exact) mass is 398 g/mol. The van der Waals surface area contributed by atoms with E-state index < -0.39 is 0 Å². The lowest BCUT2D eigenvalue weighted by atomic mass is 10.1. The SMILES string of the molecule is COc1cc(CCNC(=O)Nc2ccc(Cl)cc2Cl)cc(OC)c1OC. The van der Waals surface area contributed by atoms with Gasteiger partial charge in [0.15, 0.2) is 11.5 Å².